The van der Waals surface area contributed by atoms with Crippen LogP contribution in [-0.2, 0) is 0 Å². The van der Waals surface area contributed by atoms with Crippen LogP contribution in [0.3, 0.4) is 0 Å². The van der Waals surface area contributed by atoms with Crippen molar-refractivity contribution in [3.63, 3.8) is 0 Å². The van der Waals surface area contributed by atoms with E-state index in [1.165, 1.54) is 52.8 Å². The molecule has 47 heavy (non-hydrogen) atoms. The lowest BCUT2D eigenvalue weighted by Gasteiger charge is -2.13. The molecule has 5 heteroatoms. The van der Waals surface area contributed by atoms with Crippen LogP contribution in [0.25, 0.3) is 97.4 Å². The third-order valence-corrected chi connectivity index (χ3v) is 10.8. The van der Waals surface area contributed by atoms with Gasteiger partial charge in [0.2, 0.25) is 5.95 Å². The molecule has 4 heterocycles. The third kappa shape index (κ3) is 3.46. The third-order valence-electron chi connectivity index (χ3n) is 9.69. The highest BCUT2D eigenvalue weighted by atomic mass is 32.1. The van der Waals surface area contributed by atoms with Crippen LogP contribution in [0.1, 0.15) is 0 Å². The van der Waals surface area contributed by atoms with Gasteiger partial charge in [-0.15, -0.1) is 11.3 Å². The van der Waals surface area contributed by atoms with E-state index in [1.807, 2.05) is 17.4 Å². The SMILES string of the molecule is c1ccc2c(c1)ccc1c2c2cc(-c3ccc4c(c3)sc3ccccc34)ccc2n1-c1nc2ccccc2c2nc3ccccc3n12. The highest BCUT2D eigenvalue weighted by molar-refractivity contribution is 7.25. The van der Waals surface area contributed by atoms with Gasteiger partial charge in [-0.2, -0.15) is 0 Å². The van der Waals surface area contributed by atoms with Gasteiger partial charge in [0.15, 0.2) is 0 Å². The molecular formula is C42H24N4S. The summed E-state index contributed by atoms with van der Waals surface area (Å²) in [6, 6.07) is 52.4. The van der Waals surface area contributed by atoms with Crippen molar-refractivity contribution in [1.29, 1.82) is 0 Å². The average Bonchev–Trinajstić information content (AvgIpc) is 3.80. The van der Waals surface area contributed by atoms with Crippen molar-refractivity contribution < 1.29 is 0 Å². The Hall–Kier alpha value is -6.04. The van der Waals surface area contributed by atoms with Crippen molar-refractivity contribution >= 4 is 91.7 Å². The zero-order chi connectivity index (χ0) is 30.6. The largest absolute Gasteiger partial charge is 0.279 e. The van der Waals surface area contributed by atoms with Crippen LogP contribution in [-0.4, -0.2) is 18.9 Å². The summed E-state index contributed by atoms with van der Waals surface area (Å²) in [7, 11) is 0. The van der Waals surface area contributed by atoms with Gasteiger partial charge in [-0.05, 0) is 76.5 Å². The predicted molar refractivity (Wildman–Crippen MR) is 198 cm³/mol. The van der Waals surface area contributed by atoms with Crippen LogP contribution in [0.5, 0.6) is 0 Å². The van der Waals surface area contributed by atoms with Crippen molar-refractivity contribution in [2.75, 3.05) is 0 Å². The van der Waals surface area contributed by atoms with Gasteiger partial charge in [0, 0.05) is 36.3 Å². The van der Waals surface area contributed by atoms with E-state index in [1.54, 1.807) is 0 Å². The summed E-state index contributed by atoms with van der Waals surface area (Å²) < 4.78 is 7.20. The molecule has 0 aliphatic carbocycles. The number of fused-ring (bicyclic) bond motifs is 13. The maximum Gasteiger partial charge on any atom is 0.221 e. The van der Waals surface area contributed by atoms with E-state index >= 15 is 0 Å². The van der Waals surface area contributed by atoms with Gasteiger partial charge < -0.3 is 0 Å². The number of thiophene rings is 1. The minimum Gasteiger partial charge on any atom is -0.279 e. The van der Waals surface area contributed by atoms with Gasteiger partial charge in [-0.1, -0.05) is 91.0 Å². The number of benzene rings is 7. The Morgan fingerprint density at radius 2 is 1.15 bits per heavy atom. The van der Waals surface area contributed by atoms with E-state index in [0.29, 0.717) is 0 Å². The molecule has 7 aromatic carbocycles. The number of rotatable bonds is 2. The van der Waals surface area contributed by atoms with E-state index in [2.05, 4.69) is 148 Å². The smallest absolute Gasteiger partial charge is 0.221 e. The van der Waals surface area contributed by atoms with Gasteiger partial charge >= 0.3 is 0 Å². The average molecular weight is 617 g/mol. The Morgan fingerprint density at radius 3 is 2.09 bits per heavy atom. The fourth-order valence-corrected chi connectivity index (χ4v) is 8.71. The highest BCUT2D eigenvalue weighted by Gasteiger charge is 2.21. The van der Waals surface area contributed by atoms with Crippen LogP contribution in [0.15, 0.2) is 146 Å². The van der Waals surface area contributed by atoms with Gasteiger partial charge in [-0.25, -0.2) is 9.97 Å². The lowest BCUT2D eigenvalue weighted by molar-refractivity contribution is 0.980. The molecule has 0 atom stereocenters. The topological polar surface area (TPSA) is 35.1 Å². The Kier molecular flexibility index (Phi) is 4.96. The zero-order valence-corrected chi connectivity index (χ0v) is 25.9. The molecule has 0 amide bonds. The Labute approximate surface area is 272 Å². The van der Waals surface area contributed by atoms with Crippen LogP contribution in [0.2, 0.25) is 0 Å². The Balaban J connectivity index is 1.26. The molecule has 11 rings (SSSR count). The number of aromatic nitrogens is 4. The second-order valence-electron chi connectivity index (χ2n) is 12.2. The first-order chi connectivity index (χ1) is 23.3. The van der Waals surface area contributed by atoms with Gasteiger partial charge in [0.05, 0.1) is 27.6 Å². The monoisotopic (exact) mass is 616 g/mol. The minimum absolute atomic E-state index is 0.835. The van der Waals surface area contributed by atoms with Crippen LogP contribution in [0, 0.1) is 0 Å². The van der Waals surface area contributed by atoms with E-state index < -0.39 is 0 Å². The number of nitrogens with zero attached hydrogens (tertiary/aromatic N) is 4. The summed E-state index contributed by atoms with van der Waals surface area (Å²) in [6.45, 7) is 0. The molecule has 4 aromatic heterocycles. The highest BCUT2D eigenvalue weighted by Crippen LogP contribution is 2.41. The summed E-state index contributed by atoms with van der Waals surface area (Å²) >= 11 is 1.86. The maximum absolute atomic E-state index is 5.37. The molecule has 0 bridgehead atoms. The summed E-state index contributed by atoms with van der Waals surface area (Å²) in [6.07, 6.45) is 0. The molecule has 218 valence electrons. The van der Waals surface area contributed by atoms with Crippen molar-refractivity contribution in [1.82, 2.24) is 18.9 Å². The van der Waals surface area contributed by atoms with Gasteiger partial charge in [0.25, 0.3) is 0 Å². The van der Waals surface area contributed by atoms with Crippen molar-refractivity contribution in [3.8, 4) is 17.1 Å². The molecule has 0 aliphatic heterocycles. The molecule has 0 unspecified atom stereocenters. The fourth-order valence-electron chi connectivity index (χ4n) is 7.57. The van der Waals surface area contributed by atoms with E-state index in [-0.39, 0.29) is 0 Å². The first kappa shape index (κ1) is 25.2. The normalized spacial score (nSPS) is 12.3. The Bertz CT molecular complexity index is 3090. The lowest BCUT2D eigenvalue weighted by atomic mass is 9.99. The number of hydrogen-bond donors (Lipinski definition) is 0. The molecule has 4 nitrogen and oxygen atoms in total. The molecule has 11 aromatic rings. The van der Waals surface area contributed by atoms with E-state index in [4.69, 9.17) is 9.97 Å². The number of imidazole rings is 1. The number of para-hydroxylation sites is 3. The van der Waals surface area contributed by atoms with Gasteiger partial charge in [-0.3, -0.25) is 8.97 Å². The minimum atomic E-state index is 0.835. The summed E-state index contributed by atoms with van der Waals surface area (Å²) in [5.41, 5.74) is 8.50. The first-order valence-electron chi connectivity index (χ1n) is 15.8. The van der Waals surface area contributed by atoms with Crippen LogP contribution in [0.4, 0.5) is 0 Å². The molecule has 0 spiro atoms. The molecule has 0 fully saturated rings. The second kappa shape index (κ2) is 9.25. The lowest BCUT2D eigenvalue weighted by Crippen LogP contribution is -2.06. The van der Waals surface area contributed by atoms with Crippen LogP contribution >= 0.6 is 11.3 Å². The predicted octanol–water partition coefficient (Wildman–Crippen LogP) is 11.3. The fraction of sp³-hybridized carbons (Fsp3) is 0. The van der Waals surface area contributed by atoms with Gasteiger partial charge in [0.1, 0.15) is 5.65 Å². The maximum atomic E-state index is 5.37. The summed E-state index contributed by atoms with van der Waals surface area (Å²) in [4.78, 5) is 10.5. The first-order valence-corrected chi connectivity index (χ1v) is 16.7. The number of hydrogen-bond acceptors (Lipinski definition) is 3. The van der Waals surface area contributed by atoms with E-state index in [9.17, 15) is 0 Å². The summed E-state index contributed by atoms with van der Waals surface area (Å²) in [5.74, 6) is 0.835. The zero-order valence-electron chi connectivity index (χ0n) is 25.1. The molecule has 0 aliphatic rings. The molecule has 0 saturated heterocycles. The van der Waals surface area contributed by atoms with E-state index in [0.717, 1.165) is 44.6 Å². The van der Waals surface area contributed by atoms with Crippen molar-refractivity contribution in [2.24, 2.45) is 0 Å². The van der Waals surface area contributed by atoms with Crippen molar-refractivity contribution in [3.05, 3.63) is 146 Å². The van der Waals surface area contributed by atoms with Crippen molar-refractivity contribution in [2.45, 2.75) is 0 Å². The molecular weight excluding hydrogens is 593 g/mol. The molecule has 0 N–H and O–H groups in total. The second-order valence-corrected chi connectivity index (χ2v) is 13.3. The quantitative estimate of drug-likeness (QED) is 0.194. The Morgan fingerprint density at radius 1 is 0.447 bits per heavy atom. The summed E-state index contributed by atoms with van der Waals surface area (Å²) in [5, 5.41) is 8.58. The molecule has 0 saturated carbocycles. The van der Waals surface area contributed by atoms with Crippen LogP contribution < -0.4 is 0 Å². The standard InChI is InChI=1S/C42H24N4S/c1-2-10-28-25(9-1)18-22-37-40(28)32-23-26(27-17-20-30-29-11-4-8-16-38(29)47-39(30)24-27)19-21-35(32)45(37)42-44-33-13-5-3-12-31(33)41-43-34-14-6-7-15-36(34)46(41)42/h1-24H. The molecule has 0 radical (unpaired) electrons.